The summed E-state index contributed by atoms with van der Waals surface area (Å²) in [6.45, 7) is 1.98. The highest BCUT2D eigenvalue weighted by Gasteiger charge is 2.14. The lowest BCUT2D eigenvalue weighted by molar-refractivity contribution is 0.756. The molecule has 0 amide bonds. The van der Waals surface area contributed by atoms with Crippen LogP contribution in [-0.2, 0) is 7.05 Å². The van der Waals surface area contributed by atoms with Crippen LogP contribution in [0.15, 0.2) is 42.7 Å². The van der Waals surface area contributed by atoms with Crippen molar-refractivity contribution in [2.75, 3.05) is 0 Å². The topological polar surface area (TPSA) is 56.7 Å². The normalized spacial score (nSPS) is 12.8. The number of fused-ring (bicyclic) bond motifs is 1. The van der Waals surface area contributed by atoms with Crippen LogP contribution in [0.3, 0.4) is 0 Å². The molecule has 0 aliphatic rings. The fraction of sp³-hybridized carbons (Fsp3) is 0.200. The Morgan fingerprint density at radius 1 is 1.26 bits per heavy atom. The fourth-order valence-electron chi connectivity index (χ4n) is 2.39. The maximum absolute atomic E-state index is 6.35. The molecule has 2 heterocycles. The molecular weight excluding hydrogens is 236 g/mol. The number of pyridine rings is 1. The van der Waals surface area contributed by atoms with E-state index in [2.05, 4.69) is 22.2 Å². The number of aryl methyl sites for hydroxylation is 2. The molecule has 19 heavy (non-hydrogen) atoms. The van der Waals surface area contributed by atoms with E-state index in [9.17, 15) is 0 Å². The van der Waals surface area contributed by atoms with Crippen molar-refractivity contribution >= 4 is 10.9 Å². The van der Waals surface area contributed by atoms with Gasteiger partial charge >= 0.3 is 0 Å². The summed E-state index contributed by atoms with van der Waals surface area (Å²) in [6, 6.07) is 9.97. The van der Waals surface area contributed by atoms with Crippen molar-refractivity contribution in [2.45, 2.75) is 13.0 Å². The van der Waals surface area contributed by atoms with Gasteiger partial charge in [-0.15, -0.1) is 0 Å². The first-order valence-electron chi connectivity index (χ1n) is 6.25. The molecule has 0 radical (unpaired) electrons. The van der Waals surface area contributed by atoms with Gasteiger partial charge < -0.3 is 5.73 Å². The van der Waals surface area contributed by atoms with Crippen LogP contribution < -0.4 is 5.73 Å². The number of nitrogens with zero attached hydrogens (tertiary/aromatic N) is 3. The highest BCUT2D eigenvalue weighted by Crippen LogP contribution is 2.24. The van der Waals surface area contributed by atoms with Crippen LogP contribution in [0.2, 0.25) is 0 Å². The second-order valence-electron chi connectivity index (χ2n) is 4.78. The van der Waals surface area contributed by atoms with E-state index in [1.807, 2.05) is 38.4 Å². The molecule has 0 aliphatic heterocycles. The van der Waals surface area contributed by atoms with Gasteiger partial charge in [0.1, 0.15) is 0 Å². The SMILES string of the molecule is Cc1nn(C)cc1C(N)c1ccc2ncccc2c1. The predicted octanol–water partition coefficient (Wildman–Crippen LogP) is 2.32. The Bertz CT molecular complexity index is 730. The summed E-state index contributed by atoms with van der Waals surface area (Å²) in [4.78, 5) is 4.32. The van der Waals surface area contributed by atoms with Crippen molar-refractivity contribution in [2.24, 2.45) is 12.8 Å². The molecule has 4 nitrogen and oxygen atoms in total. The van der Waals surface area contributed by atoms with Gasteiger partial charge in [-0.2, -0.15) is 5.10 Å². The molecule has 1 aromatic carbocycles. The number of hydrogen-bond acceptors (Lipinski definition) is 3. The third-order valence-electron chi connectivity index (χ3n) is 3.37. The lowest BCUT2D eigenvalue weighted by Crippen LogP contribution is -2.12. The molecule has 96 valence electrons. The molecule has 1 unspecified atom stereocenters. The van der Waals surface area contributed by atoms with Crippen molar-refractivity contribution in [1.29, 1.82) is 0 Å². The second-order valence-corrected chi connectivity index (χ2v) is 4.78. The number of benzene rings is 1. The Balaban J connectivity index is 2.06. The molecule has 4 heteroatoms. The monoisotopic (exact) mass is 252 g/mol. The fourth-order valence-corrected chi connectivity index (χ4v) is 2.39. The molecular formula is C15H16N4. The van der Waals surface area contributed by atoms with Gasteiger partial charge in [0.15, 0.2) is 0 Å². The van der Waals surface area contributed by atoms with Crippen LogP contribution in [0.1, 0.15) is 22.9 Å². The van der Waals surface area contributed by atoms with Crippen molar-refractivity contribution in [3.05, 3.63) is 59.5 Å². The van der Waals surface area contributed by atoms with Crippen LogP contribution in [0.5, 0.6) is 0 Å². The smallest absolute Gasteiger partial charge is 0.0702 e. The first-order chi connectivity index (χ1) is 9.15. The zero-order valence-electron chi connectivity index (χ0n) is 11.0. The molecule has 2 aromatic heterocycles. The summed E-state index contributed by atoms with van der Waals surface area (Å²) < 4.78 is 1.80. The zero-order valence-corrected chi connectivity index (χ0v) is 11.0. The van der Waals surface area contributed by atoms with E-state index in [1.54, 1.807) is 10.9 Å². The molecule has 3 rings (SSSR count). The summed E-state index contributed by atoms with van der Waals surface area (Å²) in [7, 11) is 1.91. The maximum Gasteiger partial charge on any atom is 0.0702 e. The minimum Gasteiger partial charge on any atom is -0.320 e. The summed E-state index contributed by atoms with van der Waals surface area (Å²) >= 11 is 0. The second kappa shape index (κ2) is 4.48. The van der Waals surface area contributed by atoms with E-state index in [-0.39, 0.29) is 6.04 Å². The molecule has 0 bridgehead atoms. The quantitative estimate of drug-likeness (QED) is 0.761. The molecule has 0 saturated heterocycles. The predicted molar refractivity (Wildman–Crippen MR) is 75.7 cm³/mol. The van der Waals surface area contributed by atoms with Crippen molar-refractivity contribution in [3.8, 4) is 0 Å². The van der Waals surface area contributed by atoms with Crippen molar-refractivity contribution < 1.29 is 0 Å². The third kappa shape index (κ3) is 2.11. The average molecular weight is 252 g/mol. The highest BCUT2D eigenvalue weighted by molar-refractivity contribution is 5.79. The summed E-state index contributed by atoms with van der Waals surface area (Å²) in [5.74, 6) is 0. The van der Waals surface area contributed by atoms with Gasteiger partial charge in [0, 0.05) is 30.4 Å². The summed E-state index contributed by atoms with van der Waals surface area (Å²) in [6.07, 6.45) is 3.78. The molecule has 0 fully saturated rings. The number of nitrogens with two attached hydrogens (primary N) is 1. The average Bonchev–Trinajstić information content (AvgIpc) is 2.76. The van der Waals surface area contributed by atoms with E-state index < -0.39 is 0 Å². The van der Waals surface area contributed by atoms with Gasteiger partial charge in [0.25, 0.3) is 0 Å². The Labute approximate surface area is 111 Å². The molecule has 0 spiro atoms. The van der Waals surface area contributed by atoms with Gasteiger partial charge in [0.05, 0.1) is 17.3 Å². The first-order valence-corrected chi connectivity index (χ1v) is 6.25. The maximum atomic E-state index is 6.35. The van der Waals surface area contributed by atoms with Crippen LogP contribution in [0.25, 0.3) is 10.9 Å². The van der Waals surface area contributed by atoms with E-state index in [1.165, 1.54) is 0 Å². The third-order valence-corrected chi connectivity index (χ3v) is 3.37. The van der Waals surface area contributed by atoms with Crippen molar-refractivity contribution in [1.82, 2.24) is 14.8 Å². The Kier molecular flexibility index (Phi) is 2.80. The van der Waals surface area contributed by atoms with Gasteiger partial charge in [-0.25, -0.2) is 0 Å². The highest BCUT2D eigenvalue weighted by atomic mass is 15.2. The van der Waals surface area contributed by atoms with E-state index in [0.29, 0.717) is 0 Å². The van der Waals surface area contributed by atoms with Crippen molar-refractivity contribution in [3.63, 3.8) is 0 Å². The molecule has 1 atom stereocenters. The van der Waals surface area contributed by atoms with Gasteiger partial charge in [0.2, 0.25) is 0 Å². The Morgan fingerprint density at radius 3 is 2.84 bits per heavy atom. The molecule has 0 saturated carbocycles. The standard InChI is InChI=1S/C15H16N4/c1-10-13(9-19(2)18-10)15(16)12-5-6-14-11(8-12)4-3-7-17-14/h3-9,15H,16H2,1-2H3. The van der Waals surface area contributed by atoms with Gasteiger partial charge in [-0.1, -0.05) is 12.1 Å². The lowest BCUT2D eigenvalue weighted by atomic mass is 9.99. The Hall–Kier alpha value is -2.20. The zero-order chi connectivity index (χ0) is 13.4. The molecule has 3 aromatic rings. The largest absolute Gasteiger partial charge is 0.320 e. The van der Waals surface area contributed by atoms with E-state index in [0.717, 1.165) is 27.7 Å². The van der Waals surface area contributed by atoms with Crippen LogP contribution >= 0.6 is 0 Å². The lowest BCUT2D eigenvalue weighted by Gasteiger charge is -2.12. The Morgan fingerprint density at radius 2 is 2.11 bits per heavy atom. The van der Waals surface area contributed by atoms with Crippen LogP contribution in [0, 0.1) is 6.92 Å². The summed E-state index contributed by atoms with van der Waals surface area (Å²) in [5, 5.41) is 5.45. The number of aromatic nitrogens is 3. The minimum atomic E-state index is -0.154. The minimum absolute atomic E-state index is 0.154. The molecule has 2 N–H and O–H groups in total. The first kappa shape index (κ1) is 11.9. The van der Waals surface area contributed by atoms with Crippen LogP contribution in [-0.4, -0.2) is 14.8 Å². The van der Waals surface area contributed by atoms with E-state index in [4.69, 9.17) is 5.73 Å². The number of rotatable bonds is 2. The van der Waals surface area contributed by atoms with E-state index >= 15 is 0 Å². The molecule has 0 aliphatic carbocycles. The summed E-state index contributed by atoms with van der Waals surface area (Å²) in [5.41, 5.74) is 10.4. The van der Waals surface area contributed by atoms with Crippen LogP contribution in [0.4, 0.5) is 0 Å². The van der Waals surface area contributed by atoms with Gasteiger partial charge in [-0.05, 0) is 30.7 Å². The number of hydrogen-bond donors (Lipinski definition) is 1. The van der Waals surface area contributed by atoms with Gasteiger partial charge in [-0.3, -0.25) is 9.67 Å².